The Labute approximate surface area is 149 Å². The van der Waals surface area contributed by atoms with Gasteiger partial charge in [-0.05, 0) is 64.3 Å². The topological polar surface area (TPSA) is 42.8 Å². The van der Waals surface area contributed by atoms with Crippen LogP contribution in [-0.2, 0) is 0 Å². The second-order valence-electron chi connectivity index (χ2n) is 4.76. The molecule has 0 saturated heterocycles. The lowest BCUT2D eigenvalue weighted by molar-refractivity contribution is 0.292. The number of nitrogens with zero attached hydrogens (tertiary/aromatic N) is 1. The van der Waals surface area contributed by atoms with Crippen LogP contribution >= 0.6 is 27.5 Å². The maximum Gasteiger partial charge on any atom is 0.175 e. The van der Waals surface area contributed by atoms with Crippen molar-refractivity contribution in [1.82, 2.24) is 0 Å². The molecule has 0 aliphatic heterocycles. The second kappa shape index (κ2) is 8.79. The van der Waals surface area contributed by atoms with Crippen molar-refractivity contribution >= 4 is 39.4 Å². The SMILES string of the molecule is CCCOc1c(Br)cc(/C=N\Nc2ccc(Cl)cc2)cc1OC. The highest BCUT2D eigenvalue weighted by Crippen LogP contribution is 2.36. The van der Waals surface area contributed by atoms with Crippen molar-refractivity contribution in [2.75, 3.05) is 19.1 Å². The molecule has 0 fully saturated rings. The van der Waals surface area contributed by atoms with Crippen LogP contribution in [0.25, 0.3) is 0 Å². The van der Waals surface area contributed by atoms with Crippen LogP contribution < -0.4 is 14.9 Å². The first kappa shape index (κ1) is 17.6. The van der Waals surface area contributed by atoms with E-state index in [-0.39, 0.29) is 0 Å². The Morgan fingerprint density at radius 3 is 2.65 bits per heavy atom. The number of benzene rings is 2. The molecule has 0 unspecified atom stereocenters. The van der Waals surface area contributed by atoms with Gasteiger partial charge in [-0.1, -0.05) is 18.5 Å². The van der Waals surface area contributed by atoms with Gasteiger partial charge >= 0.3 is 0 Å². The highest BCUT2D eigenvalue weighted by Gasteiger charge is 2.10. The number of anilines is 1. The molecule has 23 heavy (non-hydrogen) atoms. The van der Waals surface area contributed by atoms with Crippen molar-refractivity contribution in [2.24, 2.45) is 5.10 Å². The molecule has 0 spiro atoms. The van der Waals surface area contributed by atoms with Gasteiger partial charge in [-0.25, -0.2) is 0 Å². The number of nitrogens with one attached hydrogen (secondary N) is 1. The number of ether oxygens (including phenoxy) is 2. The quantitative estimate of drug-likeness (QED) is 0.506. The molecule has 122 valence electrons. The zero-order chi connectivity index (χ0) is 16.7. The molecule has 0 aromatic heterocycles. The Kier molecular flexibility index (Phi) is 6.74. The van der Waals surface area contributed by atoms with E-state index in [4.69, 9.17) is 21.1 Å². The zero-order valence-corrected chi connectivity index (χ0v) is 15.3. The predicted molar refractivity (Wildman–Crippen MR) is 99.1 cm³/mol. The van der Waals surface area contributed by atoms with E-state index in [9.17, 15) is 0 Å². The molecule has 2 aromatic rings. The fraction of sp³-hybridized carbons (Fsp3) is 0.235. The van der Waals surface area contributed by atoms with Crippen LogP contribution in [0.15, 0.2) is 46.0 Å². The minimum Gasteiger partial charge on any atom is -0.493 e. The van der Waals surface area contributed by atoms with E-state index < -0.39 is 0 Å². The lowest BCUT2D eigenvalue weighted by atomic mass is 10.2. The molecule has 0 aliphatic rings. The van der Waals surface area contributed by atoms with Gasteiger partial charge in [-0.3, -0.25) is 5.43 Å². The molecule has 2 aromatic carbocycles. The Balaban J connectivity index is 2.11. The molecule has 6 heteroatoms. The summed E-state index contributed by atoms with van der Waals surface area (Å²) in [6, 6.07) is 11.1. The molecule has 1 N–H and O–H groups in total. The van der Waals surface area contributed by atoms with Gasteiger partial charge in [0.05, 0.1) is 30.1 Å². The van der Waals surface area contributed by atoms with Crippen LogP contribution in [0.2, 0.25) is 5.02 Å². The van der Waals surface area contributed by atoms with E-state index in [1.165, 1.54) is 0 Å². The molecule has 0 bridgehead atoms. The van der Waals surface area contributed by atoms with E-state index in [2.05, 4.69) is 33.4 Å². The number of hydrogen-bond donors (Lipinski definition) is 1. The number of methoxy groups -OCH3 is 1. The lowest BCUT2D eigenvalue weighted by Crippen LogP contribution is -2.00. The summed E-state index contributed by atoms with van der Waals surface area (Å²) < 4.78 is 11.9. The smallest absolute Gasteiger partial charge is 0.175 e. The fourth-order valence-corrected chi connectivity index (χ4v) is 2.56. The highest BCUT2D eigenvalue weighted by atomic mass is 79.9. The summed E-state index contributed by atoms with van der Waals surface area (Å²) in [4.78, 5) is 0. The molecule has 0 radical (unpaired) electrons. The third-order valence-corrected chi connectivity index (χ3v) is 3.79. The van der Waals surface area contributed by atoms with Gasteiger partial charge in [-0.15, -0.1) is 0 Å². The summed E-state index contributed by atoms with van der Waals surface area (Å²) in [5, 5.41) is 4.91. The Bertz CT molecular complexity index is 675. The predicted octanol–water partition coefficient (Wildman–Crippen LogP) is 5.35. The monoisotopic (exact) mass is 396 g/mol. The van der Waals surface area contributed by atoms with Crippen LogP contribution in [0.3, 0.4) is 0 Å². The molecule has 0 saturated carbocycles. The van der Waals surface area contributed by atoms with Crippen LogP contribution in [0, 0.1) is 0 Å². The van der Waals surface area contributed by atoms with Crippen LogP contribution in [0.1, 0.15) is 18.9 Å². The van der Waals surface area contributed by atoms with E-state index in [0.717, 1.165) is 22.1 Å². The van der Waals surface area contributed by atoms with Crippen molar-refractivity contribution in [3.8, 4) is 11.5 Å². The van der Waals surface area contributed by atoms with Gasteiger partial charge in [0.15, 0.2) is 11.5 Å². The first-order valence-corrected chi connectivity index (χ1v) is 8.36. The first-order valence-electron chi connectivity index (χ1n) is 7.19. The Morgan fingerprint density at radius 1 is 1.26 bits per heavy atom. The number of hydrogen-bond acceptors (Lipinski definition) is 4. The summed E-state index contributed by atoms with van der Waals surface area (Å²) in [7, 11) is 1.62. The highest BCUT2D eigenvalue weighted by molar-refractivity contribution is 9.10. The summed E-state index contributed by atoms with van der Waals surface area (Å²) in [6.45, 7) is 2.70. The average Bonchev–Trinajstić information content (AvgIpc) is 2.55. The van der Waals surface area contributed by atoms with Crippen LogP contribution in [0.5, 0.6) is 11.5 Å². The van der Waals surface area contributed by atoms with E-state index >= 15 is 0 Å². The molecule has 4 nitrogen and oxygen atoms in total. The lowest BCUT2D eigenvalue weighted by Gasteiger charge is -2.12. The summed E-state index contributed by atoms with van der Waals surface area (Å²) in [6.07, 6.45) is 2.65. The molecule has 0 aliphatic carbocycles. The summed E-state index contributed by atoms with van der Waals surface area (Å²) >= 11 is 9.36. The molecular formula is C17H18BrClN2O2. The van der Waals surface area contributed by atoms with Crippen molar-refractivity contribution in [1.29, 1.82) is 0 Å². The first-order chi connectivity index (χ1) is 11.1. The second-order valence-corrected chi connectivity index (χ2v) is 6.05. The zero-order valence-electron chi connectivity index (χ0n) is 13.0. The molecule has 0 amide bonds. The van der Waals surface area contributed by atoms with Gasteiger partial charge in [0.2, 0.25) is 0 Å². The third-order valence-electron chi connectivity index (χ3n) is 2.95. The fourth-order valence-electron chi connectivity index (χ4n) is 1.86. The Hall–Kier alpha value is -1.72. The number of halogens is 2. The van der Waals surface area contributed by atoms with Crippen molar-refractivity contribution < 1.29 is 9.47 Å². The summed E-state index contributed by atoms with van der Waals surface area (Å²) in [5.41, 5.74) is 4.70. The van der Waals surface area contributed by atoms with Gasteiger partial charge in [0, 0.05) is 5.02 Å². The Morgan fingerprint density at radius 2 is 2.00 bits per heavy atom. The largest absolute Gasteiger partial charge is 0.493 e. The van der Waals surface area contributed by atoms with Crippen molar-refractivity contribution in [2.45, 2.75) is 13.3 Å². The van der Waals surface area contributed by atoms with Gasteiger partial charge in [-0.2, -0.15) is 5.10 Å². The molecule has 2 rings (SSSR count). The van der Waals surface area contributed by atoms with Crippen LogP contribution in [-0.4, -0.2) is 19.9 Å². The van der Waals surface area contributed by atoms with Gasteiger partial charge in [0.25, 0.3) is 0 Å². The minimum atomic E-state index is 0.639. The number of rotatable bonds is 7. The van der Waals surface area contributed by atoms with E-state index in [1.807, 2.05) is 24.3 Å². The maximum absolute atomic E-state index is 5.85. The van der Waals surface area contributed by atoms with Crippen LogP contribution in [0.4, 0.5) is 5.69 Å². The maximum atomic E-state index is 5.85. The third kappa shape index (κ3) is 5.15. The molecular weight excluding hydrogens is 380 g/mol. The minimum absolute atomic E-state index is 0.639. The molecule has 0 atom stereocenters. The molecule has 0 heterocycles. The summed E-state index contributed by atoms with van der Waals surface area (Å²) in [5.74, 6) is 1.37. The average molecular weight is 398 g/mol. The van der Waals surface area contributed by atoms with E-state index in [0.29, 0.717) is 23.1 Å². The number of hydrazone groups is 1. The standard InChI is InChI=1S/C17H18BrClN2O2/c1-3-8-23-17-15(18)9-12(10-16(17)22-2)11-20-21-14-6-4-13(19)5-7-14/h4-7,9-11,21H,3,8H2,1-2H3/b20-11-. The van der Waals surface area contributed by atoms with Crippen molar-refractivity contribution in [3.05, 3.63) is 51.5 Å². The van der Waals surface area contributed by atoms with Crippen molar-refractivity contribution in [3.63, 3.8) is 0 Å². The van der Waals surface area contributed by atoms with Gasteiger partial charge < -0.3 is 9.47 Å². The van der Waals surface area contributed by atoms with E-state index in [1.54, 1.807) is 25.5 Å². The van der Waals surface area contributed by atoms with Gasteiger partial charge in [0.1, 0.15) is 0 Å². The normalized spacial score (nSPS) is 10.8.